The van der Waals surface area contributed by atoms with Crippen molar-refractivity contribution in [3.05, 3.63) is 47.7 Å². The fourth-order valence-corrected chi connectivity index (χ4v) is 1.63. The molecule has 0 spiro atoms. The zero-order valence-electron chi connectivity index (χ0n) is 9.61. The summed E-state index contributed by atoms with van der Waals surface area (Å²) in [4.78, 5) is 14.5. The molecule has 2 aromatic rings. The van der Waals surface area contributed by atoms with Gasteiger partial charge in [0.2, 0.25) is 0 Å². The number of aldehydes is 1. The summed E-state index contributed by atoms with van der Waals surface area (Å²) in [6.07, 6.45) is -2.48. The van der Waals surface area contributed by atoms with Crippen LogP contribution in [0.2, 0.25) is 0 Å². The molecule has 0 aliphatic rings. The van der Waals surface area contributed by atoms with Crippen molar-refractivity contribution in [2.24, 2.45) is 0 Å². The molecule has 1 aromatic heterocycles. The van der Waals surface area contributed by atoms with Gasteiger partial charge in [0, 0.05) is 17.3 Å². The number of aromatic nitrogens is 1. The van der Waals surface area contributed by atoms with Gasteiger partial charge >= 0.3 is 6.18 Å². The predicted molar refractivity (Wildman–Crippen MR) is 64.5 cm³/mol. The number of halogens is 3. The van der Waals surface area contributed by atoms with E-state index in [0.29, 0.717) is 23.0 Å². The molecule has 0 unspecified atom stereocenters. The average Bonchev–Trinajstić information content (AvgIpc) is 2.38. The maximum Gasteiger partial charge on any atom is 0.416 e. The Labute approximate surface area is 106 Å². The quantitative estimate of drug-likeness (QED) is 0.849. The Hall–Kier alpha value is -2.37. The minimum Gasteiger partial charge on any atom is -0.383 e. The highest BCUT2D eigenvalue weighted by Crippen LogP contribution is 2.32. The van der Waals surface area contributed by atoms with E-state index in [1.54, 1.807) is 0 Å². The van der Waals surface area contributed by atoms with Crippen molar-refractivity contribution in [1.82, 2.24) is 4.98 Å². The molecule has 0 amide bonds. The number of rotatable bonds is 2. The summed E-state index contributed by atoms with van der Waals surface area (Å²) in [7, 11) is 0. The van der Waals surface area contributed by atoms with E-state index < -0.39 is 11.7 Å². The van der Waals surface area contributed by atoms with Gasteiger partial charge in [-0.2, -0.15) is 13.2 Å². The fourth-order valence-electron chi connectivity index (χ4n) is 1.63. The van der Waals surface area contributed by atoms with Gasteiger partial charge in [-0.15, -0.1) is 0 Å². The van der Waals surface area contributed by atoms with Crippen molar-refractivity contribution in [3.63, 3.8) is 0 Å². The fraction of sp³-hybridized carbons (Fsp3) is 0.0769. The molecule has 0 fully saturated rings. The minimum absolute atomic E-state index is 0.158. The summed E-state index contributed by atoms with van der Waals surface area (Å²) < 4.78 is 37.3. The van der Waals surface area contributed by atoms with E-state index in [1.165, 1.54) is 24.4 Å². The summed E-state index contributed by atoms with van der Waals surface area (Å²) in [6.45, 7) is 0. The second-order valence-electron chi connectivity index (χ2n) is 3.89. The third-order valence-electron chi connectivity index (χ3n) is 2.60. The van der Waals surface area contributed by atoms with Crippen LogP contribution in [0.1, 0.15) is 15.9 Å². The first-order valence-electron chi connectivity index (χ1n) is 5.30. The Bertz CT molecular complexity index is 606. The first-order chi connectivity index (χ1) is 8.91. The van der Waals surface area contributed by atoms with Gasteiger partial charge in [0.05, 0.1) is 5.56 Å². The Morgan fingerprint density at radius 3 is 2.32 bits per heavy atom. The van der Waals surface area contributed by atoms with Crippen LogP contribution >= 0.6 is 0 Å². The van der Waals surface area contributed by atoms with Crippen LogP contribution in [-0.2, 0) is 6.18 Å². The van der Waals surface area contributed by atoms with E-state index >= 15 is 0 Å². The lowest BCUT2D eigenvalue weighted by Crippen LogP contribution is -2.04. The lowest BCUT2D eigenvalue weighted by molar-refractivity contribution is -0.137. The summed E-state index contributed by atoms with van der Waals surface area (Å²) in [6, 6.07) is 6.00. The molecular formula is C13H9F3N2O. The van der Waals surface area contributed by atoms with Gasteiger partial charge in [-0.25, -0.2) is 4.98 Å². The van der Waals surface area contributed by atoms with Gasteiger partial charge in [0.1, 0.15) is 5.82 Å². The SMILES string of the molecule is Nc1ncc(C=O)cc1-c1ccc(C(F)(F)F)cc1. The van der Waals surface area contributed by atoms with Gasteiger partial charge in [0.25, 0.3) is 0 Å². The van der Waals surface area contributed by atoms with E-state index in [9.17, 15) is 18.0 Å². The molecule has 0 bridgehead atoms. The Kier molecular flexibility index (Phi) is 3.25. The number of benzene rings is 1. The van der Waals surface area contributed by atoms with Crippen molar-refractivity contribution in [3.8, 4) is 11.1 Å². The zero-order valence-corrected chi connectivity index (χ0v) is 9.61. The number of anilines is 1. The van der Waals surface area contributed by atoms with Crippen LogP contribution in [0.3, 0.4) is 0 Å². The first kappa shape index (κ1) is 13.1. The smallest absolute Gasteiger partial charge is 0.383 e. The van der Waals surface area contributed by atoms with Gasteiger partial charge < -0.3 is 5.73 Å². The second kappa shape index (κ2) is 4.72. The van der Waals surface area contributed by atoms with Crippen LogP contribution < -0.4 is 5.73 Å². The molecule has 0 atom stereocenters. The zero-order chi connectivity index (χ0) is 14.0. The number of carbonyl (C=O) groups excluding carboxylic acids is 1. The third-order valence-corrected chi connectivity index (χ3v) is 2.60. The van der Waals surface area contributed by atoms with E-state index in [4.69, 9.17) is 5.73 Å². The number of nitrogen functional groups attached to an aromatic ring is 1. The van der Waals surface area contributed by atoms with Crippen molar-refractivity contribution in [2.45, 2.75) is 6.18 Å². The van der Waals surface area contributed by atoms with Gasteiger partial charge in [0.15, 0.2) is 6.29 Å². The van der Waals surface area contributed by atoms with Crippen LogP contribution in [0.5, 0.6) is 0 Å². The maximum atomic E-state index is 12.4. The van der Waals surface area contributed by atoms with Crippen LogP contribution in [-0.4, -0.2) is 11.3 Å². The van der Waals surface area contributed by atoms with E-state index in [2.05, 4.69) is 4.98 Å². The Balaban J connectivity index is 2.45. The Morgan fingerprint density at radius 2 is 1.79 bits per heavy atom. The van der Waals surface area contributed by atoms with E-state index in [-0.39, 0.29) is 5.82 Å². The van der Waals surface area contributed by atoms with Gasteiger partial charge in [-0.3, -0.25) is 4.79 Å². The maximum absolute atomic E-state index is 12.4. The molecule has 0 saturated carbocycles. The predicted octanol–water partition coefficient (Wildman–Crippen LogP) is 3.16. The molecule has 2 N–H and O–H groups in total. The number of hydrogen-bond donors (Lipinski definition) is 1. The highest BCUT2D eigenvalue weighted by molar-refractivity contribution is 5.82. The molecule has 98 valence electrons. The lowest BCUT2D eigenvalue weighted by atomic mass is 10.0. The van der Waals surface area contributed by atoms with Gasteiger partial charge in [-0.05, 0) is 23.8 Å². The summed E-state index contributed by atoms with van der Waals surface area (Å²) in [5.41, 5.74) is 6.12. The summed E-state index contributed by atoms with van der Waals surface area (Å²) in [5, 5.41) is 0. The highest BCUT2D eigenvalue weighted by atomic mass is 19.4. The van der Waals surface area contributed by atoms with Crippen LogP contribution in [0, 0.1) is 0 Å². The molecule has 1 heterocycles. The number of pyridine rings is 1. The van der Waals surface area contributed by atoms with Crippen LogP contribution in [0.15, 0.2) is 36.5 Å². The second-order valence-corrected chi connectivity index (χ2v) is 3.89. The number of hydrogen-bond acceptors (Lipinski definition) is 3. The molecule has 3 nitrogen and oxygen atoms in total. The molecule has 0 saturated heterocycles. The van der Waals surface area contributed by atoms with Crippen molar-refractivity contribution >= 4 is 12.1 Å². The minimum atomic E-state index is -4.38. The molecular weight excluding hydrogens is 257 g/mol. The standard InChI is InChI=1S/C13H9F3N2O/c14-13(15,16)10-3-1-9(2-4-10)11-5-8(7-19)6-18-12(11)17/h1-7H,(H2,17,18). The van der Waals surface area contributed by atoms with Crippen LogP contribution in [0.4, 0.5) is 19.0 Å². The highest BCUT2D eigenvalue weighted by Gasteiger charge is 2.30. The molecule has 0 aliphatic carbocycles. The molecule has 2 rings (SSSR count). The first-order valence-corrected chi connectivity index (χ1v) is 5.30. The number of nitrogens with zero attached hydrogens (tertiary/aromatic N) is 1. The molecule has 1 aromatic carbocycles. The lowest BCUT2D eigenvalue weighted by Gasteiger charge is -2.09. The molecule has 0 radical (unpaired) electrons. The molecule has 0 aliphatic heterocycles. The topological polar surface area (TPSA) is 56.0 Å². The number of carbonyl (C=O) groups is 1. The van der Waals surface area contributed by atoms with Gasteiger partial charge in [-0.1, -0.05) is 12.1 Å². The van der Waals surface area contributed by atoms with Crippen LogP contribution in [0.25, 0.3) is 11.1 Å². The molecule has 19 heavy (non-hydrogen) atoms. The monoisotopic (exact) mass is 266 g/mol. The summed E-state index contributed by atoms with van der Waals surface area (Å²) >= 11 is 0. The number of alkyl halides is 3. The van der Waals surface area contributed by atoms with E-state index in [0.717, 1.165) is 12.1 Å². The van der Waals surface area contributed by atoms with Crippen molar-refractivity contribution < 1.29 is 18.0 Å². The van der Waals surface area contributed by atoms with Crippen molar-refractivity contribution in [2.75, 3.05) is 5.73 Å². The Morgan fingerprint density at radius 1 is 1.16 bits per heavy atom. The van der Waals surface area contributed by atoms with E-state index in [1.807, 2.05) is 0 Å². The molecule has 6 heteroatoms. The summed E-state index contributed by atoms with van der Waals surface area (Å²) in [5.74, 6) is 0.158. The largest absolute Gasteiger partial charge is 0.416 e. The third kappa shape index (κ3) is 2.73. The van der Waals surface area contributed by atoms with Crippen molar-refractivity contribution in [1.29, 1.82) is 0 Å². The normalized spacial score (nSPS) is 11.3. The average molecular weight is 266 g/mol. The number of nitrogens with two attached hydrogens (primary N) is 1.